The van der Waals surface area contributed by atoms with Crippen LogP contribution in [0, 0.1) is 0 Å². The summed E-state index contributed by atoms with van der Waals surface area (Å²) in [6, 6.07) is 1.88. The quantitative estimate of drug-likeness (QED) is 0.928. The van der Waals surface area contributed by atoms with Gasteiger partial charge in [-0.2, -0.15) is 0 Å². The Morgan fingerprint density at radius 2 is 2.00 bits per heavy atom. The predicted octanol–water partition coefficient (Wildman–Crippen LogP) is 3.12. The SMILES string of the molecule is O=S(=O)(NC1CCCCC1)c1sccc1Br. The van der Waals surface area contributed by atoms with E-state index < -0.39 is 10.0 Å². The highest BCUT2D eigenvalue weighted by Crippen LogP contribution is 2.28. The van der Waals surface area contributed by atoms with Crippen molar-refractivity contribution in [3.63, 3.8) is 0 Å². The molecule has 6 heteroatoms. The van der Waals surface area contributed by atoms with Crippen LogP contribution in [0.3, 0.4) is 0 Å². The van der Waals surface area contributed by atoms with Crippen LogP contribution >= 0.6 is 27.3 Å². The minimum atomic E-state index is -3.33. The third-order valence-electron chi connectivity index (χ3n) is 2.76. The van der Waals surface area contributed by atoms with E-state index in [2.05, 4.69) is 20.7 Å². The van der Waals surface area contributed by atoms with E-state index >= 15 is 0 Å². The lowest BCUT2D eigenvalue weighted by Gasteiger charge is -2.22. The van der Waals surface area contributed by atoms with Crippen LogP contribution < -0.4 is 4.72 Å². The van der Waals surface area contributed by atoms with Crippen LogP contribution in [-0.2, 0) is 10.0 Å². The smallest absolute Gasteiger partial charge is 0.207 e. The molecular weight excluding hydrogens is 310 g/mol. The van der Waals surface area contributed by atoms with E-state index in [0.717, 1.165) is 25.7 Å². The zero-order chi connectivity index (χ0) is 11.6. The van der Waals surface area contributed by atoms with Crippen molar-refractivity contribution in [2.24, 2.45) is 0 Å². The monoisotopic (exact) mass is 323 g/mol. The Labute approximate surface area is 108 Å². The minimum absolute atomic E-state index is 0.118. The van der Waals surface area contributed by atoms with Crippen molar-refractivity contribution in [3.05, 3.63) is 15.9 Å². The Kier molecular flexibility index (Phi) is 4.05. The Morgan fingerprint density at radius 3 is 2.56 bits per heavy atom. The lowest BCUT2D eigenvalue weighted by atomic mass is 9.96. The lowest BCUT2D eigenvalue weighted by molar-refractivity contribution is 0.412. The van der Waals surface area contributed by atoms with Gasteiger partial charge in [-0.15, -0.1) is 11.3 Å². The molecule has 0 amide bonds. The van der Waals surface area contributed by atoms with Crippen molar-refractivity contribution in [2.45, 2.75) is 42.4 Å². The number of thiophene rings is 1. The van der Waals surface area contributed by atoms with E-state index in [1.165, 1.54) is 17.8 Å². The van der Waals surface area contributed by atoms with Crippen molar-refractivity contribution in [3.8, 4) is 0 Å². The third kappa shape index (κ3) is 2.85. The molecule has 0 radical (unpaired) electrons. The molecule has 0 aliphatic heterocycles. The van der Waals surface area contributed by atoms with E-state index in [0.29, 0.717) is 8.68 Å². The average Bonchev–Trinajstić information content (AvgIpc) is 2.66. The number of nitrogens with one attached hydrogen (secondary N) is 1. The molecule has 1 saturated carbocycles. The molecule has 1 N–H and O–H groups in total. The molecule has 90 valence electrons. The van der Waals surface area contributed by atoms with Gasteiger partial charge in [0.25, 0.3) is 10.0 Å². The van der Waals surface area contributed by atoms with Crippen LogP contribution in [0.4, 0.5) is 0 Å². The van der Waals surface area contributed by atoms with Crippen LogP contribution in [0.5, 0.6) is 0 Å². The summed E-state index contributed by atoms with van der Waals surface area (Å²) < 4.78 is 27.9. The summed E-state index contributed by atoms with van der Waals surface area (Å²) in [6.45, 7) is 0. The zero-order valence-electron chi connectivity index (χ0n) is 8.78. The van der Waals surface area contributed by atoms with E-state index in [-0.39, 0.29) is 6.04 Å². The molecule has 0 saturated heterocycles. The van der Waals surface area contributed by atoms with Gasteiger partial charge in [-0.25, -0.2) is 13.1 Å². The number of hydrogen-bond donors (Lipinski definition) is 1. The van der Waals surface area contributed by atoms with Crippen LogP contribution in [0.25, 0.3) is 0 Å². The molecule has 0 unspecified atom stereocenters. The second-order valence-electron chi connectivity index (χ2n) is 4.01. The van der Waals surface area contributed by atoms with E-state index in [9.17, 15) is 8.42 Å². The van der Waals surface area contributed by atoms with Crippen molar-refractivity contribution in [2.75, 3.05) is 0 Å². The molecule has 16 heavy (non-hydrogen) atoms. The van der Waals surface area contributed by atoms with Crippen LogP contribution in [-0.4, -0.2) is 14.5 Å². The molecule has 2 rings (SSSR count). The van der Waals surface area contributed by atoms with E-state index in [1.54, 1.807) is 11.4 Å². The fourth-order valence-corrected chi connectivity index (χ4v) is 5.62. The van der Waals surface area contributed by atoms with Gasteiger partial charge < -0.3 is 0 Å². The second-order valence-corrected chi connectivity index (χ2v) is 7.69. The standard InChI is InChI=1S/C10H14BrNO2S2/c11-9-6-7-15-10(9)16(13,14)12-8-4-2-1-3-5-8/h6-8,12H,1-5H2. The summed E-state index contributed by atoms with van der Waals surface area (Å²) in [5.41, 5.74) is 0. The first kappa shape index (κ1) is 12.5. The van der Waals surface area contributed by atoms with Gasteiger partial charge in [-0.05, 0) is 40.2 Å². The number of sulfonamides is 1. The summed E-state index contributed by atoms with van der Waals surface area (Å²) in [6.07, 6.45) is 5.39. The molecule has 0 bridgehead atoms. The molecule has 1 fully saturated rings. The molecule has 0 aromatic carbocycles. The number of rotatable bonds is 3. The van der Waals surface area contributed by atoms with Gasteiger partial charge in [0.1, 0.15) is 4.21 Å². The first-order valence-corrected chi connectivity index (χ1v) is 8.50. The lowest BCUT2D eigenvalue weighted by Crippen LogP contribution is -2.35. The van der Waals surface area contributed by atoms with E-state index in [4.69, 9.17) is 0 Å². The maximum absolute atomic E-state index is 12.1. The van der Waals surface area contributed by atoms with E-state index in [1.807, 2.05) is 0 Å². The molecule has 1 aliphatic rings. The summed E-state index contributed by atoms with van der Waals surface area (Å²) >= 11 is 4.51. The average molecular weight is 324 g/mol. The van der Waals surface area contributed by atoms with Crippen molar-refractivity contribution in [1.82, 2.24) is 4.72 Å². The van der Waals surface area contributed by atoms with Crippen molar-refractivity contribution in [1.29, 1.82) is 0 Å². The summed E-state index contributed by atoms with van der Waals surface area (Å²) in [4.78, 5) is 0. The van der Waals surface area contributed by atoms with Crippen LogP contribution in [0.15, 0.2) is 20.1 Å². The maximum Gasteiger partial charge on any atom is 0.251 e. The third-order valence-corrected chi connectivity index (χ3v) is 6.95. The molecule has 1 aromatic rings. The molecule has 1 aliphatic carbocycles. The largest absolute Gasteiger partial charge is 0.251 e. The fraction of sp³-hybridized carbons (Fsp3) is 0.600. The fourth-order valence-electron chi connectivity index (χ4n) is 1.96. The van der Waals surface area contributed by atoms with Crippen LogP contribution in [0.1, 0.15) is 32.1 Å². The molecule has 0 atom stereocenters. The Morgan fingerprint density at radius 1 is 1.31 bits per heavy atom. The zero-order valence-corrected chi connectivity index (χ0v) is 12.0. The Hall–Kier alpha value is 0.0900. The first-order valence-electron chi connectivity index (χ1n) is 5.35. The Balaban J connectivity index is 2.11. The van der Waals surface area contributed by atoms with Gasteiger partial charge in [0, 0.05) is 10.5 Å². The van der Waals surface area contributed by atoms with Crippen LogP contribution in [0.2, 0.25) is 0 Å². The predicted molar refractivity (Wildman–Crippen MR) is 69.2 cm³/mol. The molecule has 1 heterocycles. The minimum Gasteiger partial charge on any atom is -0.207 e. The highest BCUT2D eigenvalue weighted by molar-refractivity contribution is 9.10. The van der Waals surface area contributed by atoms with Crippen molar-refractivity contribution >= 4 is 37.3 Å². The van der Waals surface area contributed by atoms with Gasteiger partial charge in [0.2, 0.25) is 0 Å². The van der Waals surface area contributed by atoms with Gasteiger partial charge in [0.15, 0.2) is 0 Å². The summed E-state index contributed by atoms with van der Waals surface area (Å²) in [7, 11) is -3.33. The number of halogens is 1. The maximum atomic E-state index is 12.1. The summed E-state index contributed by atoms with van der Waals surface area (Å²) in [5, 5.41) is 1.78. The van der Waals surface area contributed by atoms with Crippen molar-refractivity contribution < 1.29 is 8.42 Å². The first-order chi connectivity index (χ1) is 7.59. The normalized spacial score (nSPS) is 18.8. The van der Waals surface area contributed by atoms with Gasteiger partial charge in [-0.1, -0.05) is 19.3 Å². The topological polar surface area (TPSA) is 46.2 Å². The van der Waals surface area contributed by atoms with Gasteiger partial charge in [0.05, 0.1) is 0 Å². The molecule has 3 nitrogen and oxygen atoms in total. The second kappa shape index (κ2) is 5.16. The molecule has 0 spiro atoms. The number of hydrogen-bond acceptors (Lipinski definition) is 3. The highest BCUT2D eigenvalue weighted by atomic mass is 79.9. The molecular formula is C10H14BrNO2S2. The van der Waals surface area contributed by atoms with Gasteiger partial charge in [-0.3, -0.25) is 0 Å². The Bertz CT molecular complexity index is 449. The van der Waals surface area contributed by atoms with Gasteiger partial charge >= 0.3 is 0 Å². The highest BCUT2D eigenvalue weighted by Gasteiger charge is 2.24. The molecule has 1 aromatic heterocycles. The summed E-state index contributed by atoms with van der Waals surface area (Å²) in [5.74, 6) is 0.